The van der Waals surface area contributed by atoms with Gasteiger partial charge in [0.2, 0.25) is 0 Å². The van der Waals surface area contributed by atoms with Crippen molar-refractivity contribution in [1.82, 2.24) is 15.3 Å². The number of hydrogen-bond acceptors (Lipinski definition) is 4. The lowest BCUT2D eigenvalue weighted by Gasteiger charge is -2.28. The van der Waals surface area contributed by atoms with Crippen molar-refractivity contribution in [3.63, 3.8) is 0 Å². The Morgan fingerprint density at radius 1 is 1.20 bits per heavy atom. The number of nitrogens with zero attached hydrogens (tertiary/aromatic N) is 2. The third-order valence-corrected chi connectivity index (χ3v) is 4.71. The van der Waals surface area contributed by atoms with Crippen LogP contribution < -0.4 is 5.32 Å². The Balaban J connectivity index is 1.91. The second kappa shape index (κ2) is 6.19. The molecule has 1 unspecified atom stereocenters. The van der Waals surface area contributed by atoms with Crippen molar-refractivity contribution in [3.05, 3.63) is 22.8 Å². The molecule has 2 aliphatic rings. The summed E-state index contributed by atoms with van der Waals surface area (Å²) < 4.78 is 5.79. The molecule has 1 atom stereocenters. The number of fused-ring (bicyclic) bond motifs is 1. The fourth-order valence-corrected chi connectivity index (χ4v) is 3.62. The lowest BCUT2D eigenvalue weighted by atomic mass is 9.85. The largest absolute Gasteiger partial charge is 0.373 e. The highest BCUT2D eigenvalue weighted by Crippen LogP contribution is 2.35. The minimum atomic E-state index is 0.0755. The van der Waals surface area contributed by atoms with Crippen LogP contribution in [-0.2, 0) is 24.2 Å². The molecule has 1 saturated carbocycles. The van der Waals surface area contributed by atoms with Crippen LogP contribution in [0.4, 0.5) is 0 Å². The van der Waals surface area contributed by atoms with Gasteiger partial charge in [0, 0.05) is 31.5 Å². The number of rotatable bonds is 4. The molecule has 0 spiro atoms. The van der Waals surface area contributed by atoms with E-state index in [1.165, 1.54) is 49.1 Å². The van der Waals surface area contributed by atoms with Crippen LogP contribution in [0, 0.1) is 5.92 Å². The van der Waals surface area contributed by atoms with E-state index >= 15 is 0 Å². The molecule has 1 aliphatic heterocycles. The van der Waals surface area contributed by atoms with Crippen LogP contribution in [0.2, 0.25) is 0 Å². The average molecular weight is 275 g/mol. The summed E-state index contributed by atoms with van der Waals surface area (Å²) in [5, 5.41) is 3.38. The predicted octanol–water partition coefficient (Wildman–Crippen LogP) is 2.91. The molecule has 0 amide bonds. The van der Waals surface area contributed by atoms with Crippen LogP contribution >= 0.6 is 0 Å². The van der Waals surface area contributed by atoms with Gasteiger partial charge in [-0.1, -0.05) is 26.2 Å². The van der Waals surface area contributed by atoms with Gasteiger partial charge >= 0.3 is 0 Å². The summed E-state index contributed by atoms with van der Waals surface area (Å²) in [5.74, 6) is 1.50. The second-order valence-electron chi connectivity index (χ2n) is 5.97. The average Bonchev–Trinajstić information content (AvgIpc) is 2.97. The van der Waals surface area contributed by atoms with Crippen LogP contribution in [0.15, 0.2) is 0 Å². The van der Waals surface area contributed by atoms with E-state index < -0.39 is 0 Å². The fourth-order valence-electron chi connectivity index (χ4n) is 3.62. The standard InChI is InChI=1S/C16H25N3O/c1-3-13-12-9-17-10-14(12)19-16(18-13)15(20-2)11-7-5-4-6-8-11/h11,15,17H,3-10H2,1-2H3. The smallest absolute Gasteiger partial charge is 0.157 e. The maximum Gasteiger partial charge on any atom is 0.157 e. The van der Waals surface area contributed by atoms with E-state index in [0.717, 1.165) is 25.3 Å². The van der Waals surface area contributed by atoms with Gasteiger partial charge in [0.15, 0.2) is 5.82 Å². The maximum atomic E-state index is 5.79. The Kier molecular flexibility index (Phi) is 4.32. The van der Waals surface area contributed by atoms with Crippen LogP contribution in [0.3, 0.4) is 0 Å². The SMILES string of the molecule is CCc1nc(C(OC)C2CCCCC2)nc2c1CNC2. The molecule has 1 aromatic rings. The van der Waals surface area contributed by atoms with Gasteiger partial charge in [-0.25, -0.2) is 9.97 Å². The third kappa shape index (κ3) is 2.59. The topological polar surface area (TPSA) is 47.0 Å². The van der Waals surface area contributed by atoms with Crippen molar-refractivity contribution >= 4 is 0 Å². The molecule has 2 heterocycles. The fraction of sp³-hybridized carbons (Fsp3) is 0.750. The van der Waals surface area contributed by atoms with Crippen LogP contribution in [-0.4, -0.2) is 17.1 Å². The molecule has 20 heavy (non-hydrogen) atoms. The molecular weight excluding hydrogens is 250 g/mol. The van der Waals surface area contributed by atoms with Gasteiger partial charge in [0.1, 0.15) is 6.10 Å². The molecule has 0 radical (unpaired) electrons. The molecule has 3 rings (SSSR count). The van der Waals surface area contributed by atoms with E-state index in [1.54, 1.807) is 7.11 Å². The van der Waals surface area contributed by atoms with Gasteiger partial charge in [-0.2, -0.15) is 0 Å². The quantitative estimate of drug-likeness (QED) is 0.918. The minimum absolute atomic E-state index is 0.0755. The highest BCUT2D eigenvalue weighted by Gasteiger charge is 2.29. The molecule has 1 fully saturated rings. The zero-order valence-corrected chi connectivity index (χ0v) is 12.6. The van der Waals surface area contributed by atoms with Gasteiger partial charge in [0.25, 0.3) is 0 Å². The summed E-state index contributed by atoms with van der Waals surface area (Å²) in [6, 6.07) is 0. The number of hydrogen-bond donors (Lipinski definition) is 1. The van der Waals surface area contributed by atoms with Gasteiger partial charge in [-0.05, 0) is 25.2 Å². The Morgan fingerprint density at radius 3 is 2.70 bits per heavy atom. The van der Waals surface area contributed by atoms with Crippen LogP contribution in [0.25, 0.3) is 0 Å². The van der Waals surface area contributed by atoms with Gasteiger partial charge in [-0.3, -0.25) is 0 Å². The normalized spacial score (nSPS) is 20.9. The summed E-state index contributed by atoms with van der Waals surface area (Å²) in [6.07, 6.45) is 7.54. The van der Waals surface area contributed by atoms with E-state index in [2.05, 4.69) is 12.2 Å². The van der Waals surface area contributed by atoms with Gasteiger partial charge in [-0.15, -0.1) is 0 Å². The van der Waals surface area contributed by atoms with E-state index in [0.29, 0.717) is 5.92 Å². The van der Waals surface area contributed by atoms with Crippen molar-refractivity contribution in [1.29, 1.82) is 0 Å². The molecule has 1 aromatic heterocycles. The minimum Gasteiger partial charge on any atom is -0.373 e. The molecule has 4 nitrogen and oxygen atoms in total. The number of aryl methyl sites for hydroxylation is 1. The van der Waals surface area contributed by atoms with Crippen molar-refractivity contribution < 1.29 is 4.74 Å². The molecule has 0 saturated heterocycles. The van der Waals surface area contributed by atoms with E-state index in [-0.39, 0.29) is 6.10 Å². The lowest BCUT2D eigenvalue weighted by molar-refractivity contribution is 0.0286. The summed E-state index contributed by atoms with van der Waals surface area (Å²) in [5.41, 5.74) is 3.70. The number of aromatic nitrogens is 2. The molecule has 110 valence electrons. The maximum absolute atomic E-state index is 5.79. The highest BCUT2D eigenvalue weighted by molar-refractivity contribution is 5.29. The first-order valence-corrected chi connectivity index (χ1v) is 7.95. The highest BCUT2D eigenvalue weighted by atomic mass is 16.5. The second-order valence-corrected chi connectivity index (χ2v) is 5.97. The van der Waals surface area contributed by atoms with Gasteiger partial charge in [0.05, 0.1) is 5.69 Å². The zero-order chi connectivity index (χ0) is 13.9. The van der Waals surface area contributed by atoms with Crippen molar-refractivity contribution in [2.24, 2.45) is 5.92 Å². The third-order valence-electron chi connectivity index (χ3n) is 4.71. The first-order valence-electron chi connectivity index (χ1n) is 7.95. The van der Waals surface area contributed by atoms with Crippen molar-refractivity contribution in [2.75, 3.05) is 7.11 Å². The van der Waals surface area contributed by atoms with E-state index in [9.17, 15) is 0 Å². The first-order chi connectivity index (χ1) is 9.83. The number of nitrogens with one attached hydrogen (secondary N) is 1. The molecule has 0 bridgehead atoms. The summed E-state index contributed by atoms with van der Waals surface area (Å²) >= 11 is 0. The summed E-state index contributed by atoms with van der Waals surface area (Å²) in [7, 11) is 1.81. The molecule has 0 aromatic carbocycles. The molecular formula is C16H25N3O. The Labute approximate surface area is 121 Å². The molecule has 4 heteroatoms. The van der Waals surface area contributed by atoms with Crippen LogP contribution in [0.1, 0.15) is 67.9 Å². The number of methoxy groups -OCH3 is 1. The van der Waals surface area contributed by atoms with Crippen molar-refractivity contribution in [2.45, 2.75) is 64.6 Å². The predicted molar refractivity (Wildman–Crippen MR) is 78.3 cm³/mol. The first kappa shape index (κ1) is 14.0. The Bertz CT molecular complexity index is 469. The van der Waals surface area contributed by atoms with Gasteiger partial charge < -0.3 is 10.1 Å². The molecule has 1 aliphatic carbocycles. The number of ether oxygens (including phenoxy) is 1. The van der Waals surface area contributed by atoms with Crippen molar-refractivity contribution in [3.8, 4) is 0 Å². The van der Waals surface area contributed by atoms with E-state index in [4.69, 9.17) is 14.7 Å². The van der Waals surface area contributed by atoms with E-state index in [1.807, 2.05) is 0 Å². The Hall–Kier alpha value is -1.00. The lowest BCUT2D eigenvalue weighted by Crippen LogP contribution is -2.21. The monoisotopic (exact) mass is 275 g/mol. The summed E-state index contributed by atoms with van der Waals surface area (Å²) in [6.45, 7) is 3.96. The zero-order valence-electron chi connectivity index (χ0n) is 12.6. The summed E-state index contributed by atoms with van der Waals surface area (Å²) in [4.78, 5) is 9.64. The Morgan fingerprint density at radius 2 is 2.00 bits per heavy atom. The molecule has 1 N–H and O–H groups in total. The van der Waals surface area contributed by atoms with Crippen LogP contribution in [0.5, 0.6) is 0 Å².